The van der Waals surface area contributed by atoms with Crippen LogP contribution in [0, 0.1) is 5.92 Å². The Hall–Kier alpha value is -0.610. The summed E-state index contributed by atoms with van der Waals surface area (Å²) in [6.07, 6.45) is 7.43. The van der Waals surface area contributed by atoms with Crippen molar-refractivity contribution in [1.29, 1.82) is 0 Å². The molecule has 1 saturated carbocycles. The Morgan fingerprint density at radius 2 is 2.12 bits per heavy atom. The summed E-state index contributed by atoms with van der Waals surface area (Å²) < 4.78 is 0. The third kappa shape index (κ3) is 3.42. The fraction of sp³-hybridized carbons (Fsp3) is 0.923. The molecule has 1 aliphatic heterocycles. The second-order valence-corrected chi connectivity index (χ2v) is 5.62. The first kappa shape index (κ1) is 12.8. The maximum atomic E-state index is 12.0. The van der Waals surface area contributed by atoms with E-state index in [0.29, 0.717) is 0 Å². The first-order valence-corrected chi connectivity index (χ1v) is 6.99. The number of carbonyl (C=O) groups excluding carboxylic acids is 1. The predicted octanol–water partition coefficient (Wildman–Crippen LogP) is 0.764. The van der Waals surface area contributed by atoms with Gasteiger partial charge in [0.25, 0.3) is 0 Å². The molecule has 0 spiro atoms. The van der Waals surface area contributed by atoms with E-state index in [9.17, 15) is 4.79 Å². The van der Waals surface area contributed by atoms with Gasteiger partial charge in [0.05, 0.1) is 5.54 Å². The van der Waals surface area contributed by atoms with Crippen LogP contribution in [0.1, 0.15) is 44.9 Å². The molecule has 4 heteroatoms. The van der Waals surface area contributed by atoms with Gasteiger partial charge in [-0.1, -0.05) is 19.3 Å². The van der Waals surface area contributed by atoms with E-state index in [2.05, 4.69) is 10.6 Å². The summed E-state index contributed by atoms with van der Waals surface area (Å²) in [5.74, 6) is 0.804. The van der Waals surface area contributed by atoms with Crippen molar-refractivity contribution in [2.45, 2.75) is 50.5 Å². The summed E-state index contributed by atoms with van der Waals surface area (Å²) in [5.41, 5.74) is 5.60. The van der Waals surface area contributed by atoms with Crippen molar-refractivity contribution >= 4 is 5.91 Å². The van der Waals surface area contributed by atoms with Gasteiger partial charge >= 0.3 is 0 Å². The Bertz CT molecular complexity index is 255. The van der Waals surface area contributed by atoms with Gasteiger partial charge in [-0.2, -0.15) is 0 Å². The molecule has 1 saturated heterocycles. The quantitative estimate of drug-likeness (QED) is 0.678. The van der Waals surface area contributed by atoms with Gasteiger partial charge in [-0.05, 0) is 44.7 Å². The number of hydrogen-bond acceptors (Lipinski definition) is 3. The van der Waals surface area contributed by atoms with E-state index in [-0.39, 0.29) is 5.91 Å². The first-order chi connectivity index (χ1) is 8.21. The molecule has 1 heterocycles. The van der Waals surface area contributed by atoms with Crippen LogP contribution in [0.3, 0.4) is 0 Å². The second-order valence-electron chi connectivity index (χ2n) is 5.62. The minimum absolute atomic E-state index is 0.0724. The van der Waals surface area contributed by atoms with Crippen LogP contribution in [0.25, 0.3) is 0 Å². The Balaban J connectivity index is 1.68. The molecule has 0 aromatic heterocycles. The van der Waals surface area contributed by atoms with Crippen molar-refractivity contribution in [1.82, 2.24) is 10.6 Å². The number of carbonyl (C=O) groups is 1. The normalized spacial score (nSPS) is 27.9. The van der Waals surface area contributed by atoms with Crippen molar-refractivity contribution < 1.29 is 4.79 Å². The van der Waals surface area contributed by atoms with Crippen molar-refractivity contribution in [2.75, 3.05) is 19.6 Å². The first-order valence-electron chi connectivity index (χ1n) is 6.99. The smallest absolute Gasteiger partial charge is 0.240 e. The topological polar surface area (TPSA) is 67.2 Å². The van der Waals surface area contributed by atoms with E-state index in [1.807, 2.05) is 0 Å². The highest BCUT2D eigenvalue weighted by molar-refractivity contribution is 5.86. The average Bonchev–Trinajstić information content (AvgIpc) is 2.83. The fourth-order valence-corrected chi connectivity index (χ4v) is 2.94. The van der Waals surface area contributed by atoms with Crippen molar-refractivity contribution in [2.24, 2.45) is 11.7 Å². The third-order valence-electron chi connectivity index (χ3n) is 4.20. The lowest BCUT2D eigenvalue weighted by Crippen LogP contribution is -2.55. The summed E-state index contributed by atoms with van der Waals surface area (Å²) in [6, 6.07) is 0. The highest BCUT2D eigenvalue weighted by Gasteiger charge is 2.34. The van der Waals surface area contributed by atoms with Gasteiger partial charge in [0, 0.05) is 6.54 Å². The molecular formula is C13H25N3O. The summed E-state index contributed by atoms with van der Waals surface area (Å²) in [6.45, 7) is 3.01. The monoisotopic (exact) mass is 239 g/mol. The van der Waals surface area contributed by atoms with Crippen molar-refractivity contribution in [3.63, 3.8) is 0 Å². The van der Waals surface area contributed by atoms with E-state index in [0.717, 1.165) is 57.7 Å². The molecule has 17 heavy (non-hydrogen) atoms. The third-order valence-corrected chi connectivity index (χ3v) is 4.20. The zero-order valence-electron chi connectivity index (χ0n) is 10.6. The van der Waals surface area contributed by atoms with Crippen LogP contribution in [-0.2, 0) is 4.79 Å². The molecule has 4 nitrogen and oxygen atoms in total. The van der Waals surface area contributed by atoms with Crippen molar-refractivity contribution in [3.05, 3.63) is 0 Å². The molecule has 4 N–H and O–H groups in total. The van der Waals surface area contributed by atoms with Crippen LogP contribution in [0.15, 0.2) is 0 Å². The summed E-state index contributed by atoms with van der Waals surface area (Å²) in [7, 11) is 0. The fourth-order valence-electron chi connectivity index (χ4n) is 2.94. The van der Waals surface area contributed by atoms with Crippen LogP contribution < -0.4 is 16.4 Å². The minimum Gasteiger partial charge on any atom is -0.354 e. The zero-order valence-corrected chi connectivity index (χ0v) is 10.6. The molecule has 0 aromatic rings. The van der Waals surface area contributed by atoms with Gasteiger partial charge in [-0.15, -0.1) is 0 Å². The van der Waals surface area contributed by atoms with E-state index in [1.54, 1.807) is 0 Å². The molecule has 0 aromatic carbocycles. The summed E-state index contributed by atoms with van der Waals surface area (Å²) in [4.78, 5) is 12.0. The van der Waals surface area contributed by atoms with Crippen LogP contribution in [0.4, 0.5) is 0 Å². The maximum absolute atomic E-state index is 12.0. The minimum atomic E-state index is -0.577. The number of amides is 1. The summed E-state index contributed by atoms with van der Waals surface area (Å²) >= 11 is 0. The Morgan fingerprint density at radius 1 is 1.35 bits per heavy atom. The highest BCUT2D eigenvalue weighted by atomic mass is 16.2. The average molecular weight is 239 g/mol. The molecule has 1 amide bonds. The lowest BCUT2D eigenvalue weighted by Gasteiger charge is -2.31. The van der Waals surface area contributed by atoms with E-state index >= 15 is 0 Å². The van der Waals surface area contributed by atoms with Crippen molar-refractivity contribution in [3.8, 4) is 0 Å². The molecule has 1 unspecified atom stereocenters. The maximum Gasteiger partial charge on any atom is 0.240 e. The van der Waals surface area contributed by atoms with Crippen LogP contribution in [0.2, 0.25) is 0 Å². The standard InChI is InChI=1S/C13H25N3O/c14-13(6-2-1-3-7-13)12(17)16-9-5-11-4-8-15-10-11/h11,15H,1-10,14H2,(H,16,17). The van der Waals surface area contributed by atoms with Gasteiger partial charge in [0.2, 0.25) is 5.91 Å². The SMILES string of the molecule is NC1(C(=O)NCCC2CCNC2)CCCCC1. The molecule has 2 aliphatic rings. The van der Waals surface area contributed by atoms with Gasteiger partial charge in [-0.3, -0.25) is 4.79 Å². The Labute approximate surface area is 104 Å². The molecular weight excluding hydrogens is 214 g/mol. The molecule has 0 bridgehead atoms. The molecule has 1 atom stereocenters. The number of nitrogens with one attached hydrogen (secondary N) is 2. The number of hydrogen-bond donors (Lipinski definition) is 3. The van der Waals surface area contributed by atoms with Crippen LogP contribution in [0.5, 0.6) is 0 Å². The predicted molar refractivity (Wildman–Crippen MR) is 68.6 cm³/mol. The summed E-state index contributed by atoms with van der Waals surface area (Å²) in [5, 5.41) is 6.37. The number of nitrogens with two attached hydrogens (primary N) is 1. The van der Waals surface area contributed by atoms with Crippen LogP contribution >= 0.6 is 0 Å². The lowest BCUT2D eigenvalue weighted by molar-refractivity contribution is -0.127. The Kier molecular flexibility index (Phi) is 4.40. The second kappa shape index (κ2) is 5.83. The molecule has 2 fully saturated rings. The molecule has 2 rings (SSSR count). The van der Waals surface area contributed by atoms with E-state index < -0.39 is 5.54 Å². The molecule has 1 aliphatic carbocycles. The largest absolute Gasteiger partial charge is 0.354 e. The molecule has 98 valence electrons. The number of rotatable bonds is 4. The molecule has 0 radical (unpaired) electrons. The highest BCUT2D eigenvalue weighted by Crippen LogP contribution is 2.26. The van der Waals surface area contributed by atoms with Gasteiger partial charge in [0.15, 0.2) is 0 Å². The Morgan fingerprint density at radius 3 is 2.76 bits per heavy atom. The van der Waals surface area contributed by atoms with Gasteiger partial charge in [0.1, 0.15) is 0 Å². The van der Waals surface area contributed by atoms with Gasteiger partial charge in [-0.25, -0.2) is 0 Å². The van der Waals surface area contributed by atoms with Crippen LogP contribution in [-0.4, -0.2) is 31.1 Å². The lowest BCUT2D eigenvalue weighted by atomic mass is 9.82. The van der Waals surface area contributed by atoms with E-state index in [4.69, 9.17) is 5.73 Å². The zero-order chi connectivity index (χ0) is 12.1. The van der Waals surface area contributed by atoms with E-state index in [1.165, 1.54) is 12.8 Å². The van der Waals surface area contributed by atoms with Gasteiger partial charge < -0.3 is 16.4 Å².